The van der Waals surface area contributed by atoms with Crippen LogP contribution in [0.3, 0.4) is 0 Å². The van der Waals surface area contributed by atoms with Crippen LogP contribution in [0.5, 0.6) is 0 Å². The van der Waals surface area contributed by atoms with E-state index in [2.05, 4.69) is 172 Å². The van der Waals surface area contributed by atoms with Crippen molar-refractivity contribution in [2.45, 2.75) is 0 Å². The van der Waals surface area contributed by atoms with Gasteiger partial charge in [-0.15, -0.1) is 0 Å². The molecule has 0 fully saturated rings. The first-order valence-electron chi connectivity index (χ1n) is 18.1. The van der Waals surface area contributed by atoms with Gasteiger partial charge >= 0.3 is 0 Å². The number of pyridine rings is 1. The lowest BCUT2D eigenvalue weighted by Gasteiger charge is -2.25. The number of benzene rings is 8. The van der Waals surface area contributed by atoms with Crippen molar-refractivity contribution in [2.24, 2.45) is 0 Å². The Morgan fingerprint density at radius 2 is 1.07 bits per heavy atom. The van der Waals surface area contributed by atoms with Gasteiger partial charge in [0.05, 0.1) is 28.6 Å². The van der Waals surface area contributed by atoms with Gasteiger partial charge in [0.15, 0.2) is 11.6 Å². The molecule has 0 aliphatic rings. The van der Waals surface area contributed by atoms with Gasteiger partial charge in [-0.05, 0) is 81.5 Å². The predicted octanol–water partition coefficient (Wildman–Crippen LogP) is 12.1. The molecular weight excluding hydrogens is 661 g/mol. The first-order valence-corrected chi connectivity index (χ1v) is 18.1. The summed E-state index contributed by atoms with van der Waals surface area (Å²) in [5.41, 5.74) is 7.05. The van der Waals surface area contributed by atoms with Crippen LogP contribution in [0, 0.1) is 0 Å². The molecule has 6 heteroatoms. The second kappa shape index (κ2) is 12.1. The highest BCUT2D eigenvalue weighted by atomic mass is 15.3. The number of anilines is 3. The molecule has 0 N–H and O–H groups in total. The Labute approximate surface area is 310 Å². The van der Waals surface area contributed by atoms with Gasteiger partial charge in [0, 0.05) is 39.2 Å². The lowest BCUT2D eigenvalue weighted by atomic mass is 10.0. The van der Waals surface area contributed by atoms with Crippen molar-refractivity contribution in [3.8, 4) is 28.5 Å². The normalized spacial score (nSPS) is 11.7. The van der Waals surface area contributed by atoms with Gasteiger partial charge in [0.1, 0.15) is 0 Å². The fourth-order valence-corrected chi connectivity index (χ4v) is 7.95. The van der Waals surface area contributed by atoms with Crippen LogP contribution in [0.2, 0.25) is 0 Å². The van der Waals surface area contributed by atoms with Crippen LogP contribution in [-0.2, 0) is 0 Å². The molecule has 3 heterocycles. The third-order valence-corrected chi connectivity index (χ3v) is 10.4. The van der Waals surface area contributed by atoms with Gasteiger partial charge in [-0.3, -0.25) is 9.88 Å². The molecule has 0 unspecified atom stereocenters. The molecule has 54 heavy (non-hydrogen) atoms. The molecule has 8 aromatic carbocycles. The molecule has 0 atom stereocenters. The molecule has 0 saturated carbocycles. The molecule has 0 saturated heterocycles. The van der Waals surface area contributed by atoms with Crippen LogP contribution >= 0.6 is 0 Å². The summed E-state index contributed by atoms with van der Waals surface area (Å²) in [5.74, 6) is 1.75. The van der Waals surface area contributed by atoms with Gasteiger partial charge in [0.2, 0.25) is 5.95 Å². The van der Waals surface area contributed by atoms with Crippen LogP contribution in [0.1, 0.15) is 0 Å². The molecule has 11 rings (SSSR count). The Kier molecular flexibility index (Phi) is 6.75. The number of nitrogens with zero attached hydrogens (tertiary/aromatic N) is 6. The summed E-state index contributed by atoms with van der Waals surface area (Å²) < 4.78 is 2.31. The Morgan fingerprint density at radius 3 is 1.76 bits per heavy atom. The van der Waals surface area contributed by atoms with E-state index in [1.807, 2.05) is 24.5 Å². The third kappa shape index (κ3) is 4.81. The van der Waals surface area contributed by atoms with E-state index in [1.165, 1.54) is 26.9 Å². The summed E-state index contributed by atoms with van der Waals surface area (Å²) in [6.45, 7) is 0. The average molecular weight is 691 g/mol. The van der Waals surface area contributed by atoms with E-state index >= 15 is 0 Å². The molecule has 6 nitrogen and oxygen atoms in total. The lowest BCUT2D eigenvalue weighted by Crippen LogP contribution is -2.15. The van der Waals surface area contributed by atoms with Crippen molar-refractivity contribution in [1.82, 2.24) is 24.5 Å². The molecule has 0 aliphatic heterocycles. The Bertz CT molecular complexity index is 3070. The van der Waals surface area contributed by atoms with E-state index in [9.17, 15) is 0 Å². The lowest BCUT2D eigenvalue weighted by molar-refractivity contribution is 1.03. The summed E-state index contributed by atoms with van der Waals surface area (Å²) in [5, 5.41) is 9.28. The molecular formula is C48H30N6. The van der Waals surface area contributed by atoms with E-state index in [4.69, 9.17) is 15.0 Å². The van der Waals surface area contributed by atoms with Crippen molar-refractivity contribution in [3.05, 3.63) is 182 Å². The number of aromatic nitrogens is 5. The summed E-state index contributed by atoms with van der Waals surface area (Å²) in [6, 6.07) is 59.4. The fraction of sp³-hybridized carbons (Fsp3) is 0. The number of para-hydroxylation sites is 1. The van der Waals surface area contributed by atoms with Crippen LogP contribution < -0.4 is 4.90 Å². The number of rotatable bonds is 6. The highest BCUT2D eigenvalue weighted by Gasteiger charge is 2.25. The van der Waals surface area contributed by atoms with E-state index in [0.717, 1.165) is 55.4 Å². The molecule has 3 aromatic heterocycles. The highest BCUT2D eigenvalue weighted by molar-refractivity contribution is 6.26. The van der Waals surface area contributed by atoms with Crippen LogP contribution in [0.4, 0.5) is 17.3 Å². The molecule has 11 aromatic rings. The minimum Gasteiger partial charge on any atom is -0.308 e. The second-order valence-electron chi connectivity index (χ2n) is 13.6. The maximum Gasteiger partial charge on any atom is 0.238 e. The zero-order valence-electron chi connectivity index (χ0n) is 29.0. The maximum absolute atomic E-state index is 5.30. The first kappa shape index (κ1) is 30.2. The number of hydrogen-bond donors (Lipinski definition) is 0. The molecule has 0 aliphatic carbocycles. The van der Waals surface area contributed by atoms with E-state index in [1.54, 1.807) is 0 Å². The van der Waals surface area contributed by atoms with Crippen molar-refractivity contribution >= 4 is 71.4 Å². The van der Waals surface area contributed by atoms with Gasteiger partial charge in [-0.1, -0.05) is 115 Å². The monoisotopic (exact) mass is 690 g/mol. The number of hydrogen-bond acceptors (Lipinski definition) is 5. The zero-order valence-corrected chi connectivity index (χ0v) is 29.0. The average Bonchev–Trinajstić information content (AvgIpc) is 3.59. The summed E-state index contributed by atoms with van der Waals surface area (Å²) in [6.07, 6.45) is 3.74. The molecule has 0 amide bonds. The highest BCUT2D eigenvalue weighted by Crippen LogP contribution is 2.45. The summed E-state index contributed by atoms with van der Waals surface area (Å²) >= 11 is 0. The first-order chi connectivity index (χ1) is 26.8. The molecule has 0 radical (unpaired) electrons. The Balaban J connectivity index is 1.19. The van der Waals surface area contributed by atoms with Crippen molar-refractivity contribution < 1.29 is 0 Å². The second-order valence-corrected chi connectivity index (χ2v) is 13.6. The van der Waals surface area contributed by atoms with Gasteiger partial charge in [-0.2, -0.15) is 9.97 Å². The van der Waals surface area contributed by atoms with Gasteiger partial charge in [0.25, 0.3) is 0 Å². The fourth-order valence-electron chi connectivity index (χ4n) is 7.95. The van der Waals surface area contributed by atoms with Crippen LogP contribution in [0.25, 0.3) is 82.6 Å². The van der Waals surface area contributed by atoms with Gasteiger partial charge in [-0.25, -0.2) is 4.98 Å². The van der Waals surface area contributed by atoms with Crippen molar-refractivity contribution in [1.29, 1.82) is 0 Å². The SMILES string of the molecule is c1ccc(N(c2nc(-c3ccc4ccccc4c3)nc(-c3ccc4ccccc4c3)n2)c2ccc3c4c2ccc2cccc(c24)n3-c2cccnc2)cc1. The van der Waals surface area contributed by atoms with Crippen molar-refractivity contribution in [2.75, 3.05) is 4.90 Å². The summed E-state index contributed by atoms with van der Waals surface area (Å²) in [4.78, 5) is 22.4. The van der Waals surface area contributed by atoms with E-state index < -0.39 is 0 Å². The molecule has 0 bridgehead atoms. The zero-order chi connectivity index (χ0) is 35.6. The Hall–Kier alpha value is -7.44. The topological polar surface area (TPSA) is 59.7 Å². The Morgan fingerprint density at radius 1 is 0.444 bits per heavy atom. The molecule has 0 spiro atoms. The van der Waals surface area contributed by atoms with Crippen molar-refractivity contribution in [3.63, 3.8) is 0 Å². The quantitative estimate of drug-likeness (QED) is 0.163. The minimum absolute atomic E-state index is 0.535. The number of fused-ring (bicyclic) bond motifs is 2. The standard InChI is InChI=1S/C48H30N6/c1-2-15-38(16-3-1)54(41-25-26-43-45-40(41)24-23-33-14-8-18-42(44(33)45)53(43)39-17-9-27-49-30-39)48-51-46(36-21-19-31-10-4-6-12-34(31)28-36)50-47(52-48)37-22-20-32-11-5-7-13-35(32)29-37/h1-30H. The van der Waals surface area contributed by atoms with E-state index in [-0.39, 0.29) is 0 Å². The smallest absolute Gasteiger partial charge is 0.238 e. The van der Waals surface area contributed by atoms with Crippen LogP contribution in [0.15, 0.2) is 182 Å². The minimum atomic E-state index is 0.535. The van der Waals surface area contributed by atoms with Gasteiger partial charge < -0.3 is 4.57 Å². The largest absolute Gasteiger partial charge is 0.308 e. The van der Waals surface area contributed by atoms with Crippen LogP contribution in [-0.4, -0.2) is 24.5 Å². The maximum atomic E-state index is 5.30. The molecule has 252 valence electrons. The van der Waals surface area contributed by atoms with E-state index in [0.29, 0.717) is 17.6 Å². The summed E-state index contributed by atoms with van der Waals surface area (Å²) in [7, 11) is 0. The third-order valence-electron chi connectivity index (χ3n) is 10.4. The predicted molar refractivity (Wildman–Crippen MR) is 221 cm³/mol.